The first-order valence-electron chi connectivity index (χ1n) is 9.22. The van der Waals surface area contributed by atoms with Crippen molar-refractivity contribution in [3.05, 3.63) is 48.5 Å². The maximum atomic E-state index is 12.8. The van der Waals surface area contributed by atoms with Crippen molar-refractivity contribution < 1.29 is 13.2 Å². The standard InChI is InChI=1S/C20H22N4O3S/c1-28(26,27)24-12-6-7-14(13-24)20(25)23-16-9-3-2-8-15(16)19-21-17-10-4-5-11-18(17)22-19/h2-5,8-11,14H,6-7,12-13H2,1H3,(H,21,22)(H,23,25). The van der Waals surface area contributed by atoms with Crippen molar-refractivity contribution in [2.75, 3.05) is 24.7 Å². The van der Waals surface area contributed by atoms with Crippen molar-refractivity contribution in [2.24, 2.45) is 5.92 Å². The predicted molar refractivity (Wildman–Crippen MR) is 109 cm³/mol. The molecule has 0 aliphatic carbocycles. The van der Waals surface area contributed by atoms with E-state index in [1.165, 1.54) is 10.6 Å². The first-order chi connectivity index (χ1) is 13.4. The van der Waals surface area contributed by atoms with Gasteiger partial charge in [0.15, 0.2) is 0 Å². The first-order valence-corrected chi connectivity index (χ1v) is 11.1. The Morgan fingerprint density at radius 2 is 1.93 bits per heavy atom. The second kappa shape index (κ2) is 7.37. The number of imidazole rings is 1. The van der Waals surface area contributed by atoms with Gasteiger partial charge in [0.1, 0.15) is 5.82 Å². The van der Waals surface area contributed by atoms with Gasteiger partial charge in [-0.2, -0.15) is 0 Å². The molecule has 1 atom stereocenters. The smallest absolute Gasteiger partial charge is 0.228 e. The Bertz CT molecular complexity index is 1090. The van der Waals surface area contributed by atoms with Gasteiger partial charge in [0.05, 0.1) is 28.9 Å². The van der Waals surface area contributed by atoms with E-state index in [2.05, 4.69) is 15.3 Å². The molecule has 146 valence electrons. The molecule has 1 saturated heterocycles. The average molecular weight is 398 g/mol. The summed E-state index contributed by atoms with van der Waals surface area (Å²) in [5.41, 5.74) is 3.23. The van der Waals surface area contributed by atoms with Gasteiger partial charge in [0.25, 0.3) is 0 Å². The van der Waals surface area contributed by atoms with Crippen LogP contribution in [0.5, 0.6) is 0 Å². The Morgan fingerprint density at radius 1 is 1.18 bits per heavy atom. The molecule has 1 unspecified atom stereocenters. The van der Waals surface area contributed by atoms with Crippen LogP contribution in [0, 0.1) is 5.92 Å². The number of H-pyrrole nitrogens is 1. The molecule has 4 rings (SSSR count). The predicted octanol–water partition coefficient (Wildman–Crippen LogP) is 2.84. The van der Waals surface area contributed by atoms with Crippen LogP contribution in [0.2, 0.25) is 0 Å². The lowest BCUT2D eigenvalue weighted by Gasteiger charge is -2.30. The SMILES string of the molecule is CS(=O)(=O)N1CCCC(C(=O)Nc2ccccc2-c2nc3ccccc3[nH]2)C1. The lowest BCUT2D eigenvalue weighted by molar-refractivity contribution is -0.120. The molecule has 7 nitrogen and oxygen atoms in total. The Kier molecular flexibility index (Phi) is 4.91. The zero-order valence-electron chi connectivity index (χ0n) is 15.6. The van der Waals surface area contributed by atoms with Gasteiger partial charge in [-0.15, -0.1) is 0 Å². The van der Waals surface area contributed by atoms with Crippen molar-refractivity contribution in [3.8, 4) is 11.4 Å². The highest BCUT2D eigenvalue weighted by atomic mass is 32.2. The second-order valence-electron chi connectivity index (χ2n) is 7.10. The van der Waals surface area contributed by atoms with Gasteiger partial charge >= 0.3 is 0 Å². The Labute approximate surface area is 163 Å². The lowest BCUT2D eigenvalue weighted by atomic mass is 9.98. The molecule has 2 N–H and O–H groups in total. The van der Waals surface area contributed by atoms with E-state index in [1.54, 1.807) is 0 Å². The third-order valence-electron chi connectivity index (χ3n) is 5.05. The molecule has 0 spiro atoms. The van der Waals surface area contributed by atoms with Crippen LogP contribution in [0.3, 0.4) is 0 Å². The third kappa shape index (κ3) is 3.79. The molecule has 28 heavy (non-hydrogen) atoms. The van der Waals surface area contributed by atoms with Gasteiger partial charge in [-0.25, -0.2) is 17.7 Å². The number of nitrogens with zero attached hydrogens (tertiary/aromatic N) is 2. The van der Waals surface area contributed by atoms with Gasteiger partial charge in [-0.3, -0.25) is 4.79 Å². The molecule has 1 fully saturated rings. The van der Waals surface area contributed by atoms with Gasteiger partial charge in [0, 0.05) is 18.7 Å². The molecule has 2 aromatic carbocycles. The number of aromatic nitrogens is 2. The molecule has 1 amide bonds. The highest BCUT2D eigenvalue weighted by Crippen LogP contribution is 2.29. The van der Waals surface area contributed by atoms with Crippen molar-refractivity contribution in [1.29, 1.82) is 0 Å². The maximum absolute atomic E-state index is 12.8. The summed E-state index contributed by atoms with van der Waals surface area (Å²) in [5.74, 6) is 0.141. The average Bonchev–Trinajstić information content (AvgIpc) is 3.12. The zero-order valence-corrected chi connectivity index (χ0v) is 16.4. The Morgan fingerprint density at radius 3 is 2.71 bits per heavy atom. The number of benzene rings is 2. The number of amides is 1. The van der Waals surface area contributed by atoms with Crippen LogP contribution in [0.25, 0.3) is 22.4 Å². The first kappa shape index (κ1) is 18.6. The number of hydrogen-bond acceptors (Lipinski definition) is 4. The van der Waals surface area contributed by atoms with E-state index in [-0.39, 0.29) is 18.4 Å². The minimum atomic E-state index is -3.29. The molecule has 8 heteroatoms. The highest BCUT2D eigenvalue weighted by Gasteiger charge is 2.30. The van der Waals surface area contributed by atoms with E-state index in [1.807, 2.05) is 48.5 Å². The van der Waals surface area contributed by atoms with Crippen molar-refractivity contribution in [1.82, 2.24) is 14.3 Å². The van der Waals surface area contributed by atoms with Crippen LogP contribution in [-0.4, -0.2) is 47.9 Å². The fourth-order valence-corrected chi connectivity index (χ4v) is 4.48. The molecule has 2 heterocycles. The minimum Gasteiger partial charge on any atom is -0.338 e. The number of anilines is 1. The molecule has 0 radical (unpaired) electrons. The van der Waals surface area contributed by atoms with E-state index in [0.29, 0.717) is 30.9 Å². The molecule has 1 aliphatic rings. The van der Waals surface area contributed by atoms with Crippen LogP contribution in [-0.2, 0) is 14.8 Å². The summed E-state index contributed by atoms with van der Waals surface area (Å²) in [5, 5.41) is 2.97. The zero-order chi connectivity index (χ0) is 19.7. The fourth-order valence-electron chi connectivity index (χ4n) is 3.57. The van der Waals surface area contributed by atoms with E-state index in [4.69, 9.17) is 0 Å². The number of carbonyl (C=O) groups is 1. The summed E-state index contributed by atoms with van der Waals surface area (Å²) in [7, 11) is -3.29. The Balaban J connectivity index is 1.58. The van der Waals surface area contributed by atoms with E-state index in [9.17, 15) is 13.2 Å². The monoisotopic (exact) mass is 398 g/mol. The highest BCUT2D eigenvalue weighted by molar-refractivity contribution is 7.88. The Hall–Kier alpha value is -2.71. The van der Waals surface area contributed by atoms with Gasteiger partial charge < -0.3 is 10.3 Å². The van der Waals surface area contributed by atoms with Crippen LogP contribution < -0.4 is 5.32 Å². The number of piperidine rings is 1. The van der Waals surface area contributed by atoms with E-state index in [0.717, 1.165) is 16.6 Å². The number of sulfonamides is 1. The number of hydrogen-bond donors (Lipinski definition) is 2. The van der Waals surface area contributed by atoms with Gasteiger partial charge in [0.2, 0.25) is 15.9 Å². The molecule has 0 saturated carbocycles. The summed E-state index contributed by atoms with van der Waals surface area (Å²) >= 11 is 0. The van der Waals surface area contributed by atoms with E-state index >= 15 is 0 Å². The van der Waals surface area contributed by atoms with Crippen LogP contribution in [0.4, 0.5) is 5.69 Å². The fraction of sp³-hybridized carbons (Fsp3) is 0.300. The summed E-state index contributed by atoms with van der Waals surface area (Å²) in [4.78, 5) is 20.7. The number of rotatable bonds is 4. The van der Waals surface area contributed by atoms with Crippen molar-refractivity contribution in [3.63, 3.8) is 0 Å². The number of para-hydroxylation sites is 3. The summed E-state index contributed by atoms with van der Waals surface area (Å²) in [6, 6.07) is 15.2. The quantitative estimate of drug-likeness (QED) is 0.706. The third-order valence-corrected chi connectivity index (χ3v) is 6.32. The van der Waals surface area contributed by atoms with E-state index < -0.39 is 10.0 Å². The topological polar surface area (TPSA) is 95.2 Å². The number of nitrogens with one attached hydrogen (secondary N) is 2. The van der Waals surface area contributed by atoms with Crippen molar-refractivity contribution in [2.45, 2.75) is 12.8 Å². The van der Waals surface area contributed by atoms with Gasteiger partial charge in [-0.05, 0) is 37.1 Å². The molecule has 1 aliphatic heterocycles. The summed E-state index contributed by atoms with van der Waals surface area (Å²) in [6.07, 6.45) is 2.53. The lowest BCUT2D eigenvalue weighted by Crippen LogP contribution is -2.43. The summed E-state index contributed by atoms with van der Waals surface area (Å²) < 4.78 is 25.0. The maximum Gasteiger partial charge on any atom is 0.228 e. The molecular formula is C20H22N4O3S. The van der Waals surface area contributed by atoms with Crippen molar-refractivity contribution >= 4 is 32.7 Å². The van der Waals surface area contributed by atoms with Crippen LogP contribution >= 0.6 is 0 Å². The second-order valence-corrected chi connectivity index (χ2v) is 9.08. The van der Waals surface area contributed by atoms with Crippen LogP contribution in [0.15, 0.2) is 48.5 Å². The molecule has 3 aromatic rings. The summed E-state index contributed by atoms with van der Waals surface area (Å²) in [6.45, 7) is 0.690. The number of fused-ring (bicyclic) bond motifs is 1. The minimum absolute atomic E-state index is 0.170. The molecular weight excluding hydrogens is 376 g/mol. The van der Waals surface area contributed by atoms with Crippen LogP contribution in [0.1, 0.15) is 12.8 Å². The number of carbonyl (C=O) groups excluding carboxylic acids is 1. The molecule has 1 aromatic heterocycles. The number of aromatic amines is 1. The molecule has 0 bridgehead atoms. The van der Waals surface area contributed by atoms with Gasteiger partial charge in [-0.1, -0.05) is 24.3 Å². The largest absolute Gasteiger partial charge is 0.338 e. The normalized spacial score (nSPS) is 18.2.